The van der Waals surface area contributed by atoms with Gasteiger partial charge in [0, 0.05) is 17.9 Å². The average molecular weight is 284 g/mol. The second kappa shape index (κ2) is 8.42. The van der Waals surface area contributed by atoms with Crippen molar-refractivity contribution in [3.63, 3.8) is 0 Å². The van der Waals surface area contributed by atoms with E-state index in [1.165, 1.54) is 5.56 Å². The highest BCUT2D eigenvalue weighted by Gasteiger charge is 2.09. The van der Waals surface area contributed by atoms with E-state index in [0.29, 0.717) is 6.04 Å². The summed E-state index contributed by atoms with van der Waals surface area (Å²) in [6.07, 6.45) is 4.89. The Kier molecular flexibility index (Phi) is 6.22. The lowest BCUT2D eigenvalue weighted by molar-refractivity contribution is 0.317. The summed E-state index contributed by atoms with van der Waals surface area (Å²) in [7, 11) is 2.00. The largest absolute Gasteiger partial charge is 0.494 e. The molecule has 1 aromatic heterocycles. The zero-order valence-corrected chi connectivity index (χ0v) is 12.9. The quantitative estimate of drug-likeness (QED) is 0.801. The Morgan fingerprint density at radius 3 is 2.57 bits per heavy atom. The first-order valence-electron chi connectivity index (χ1n) is 7.63. The number of nitrogens with zero attached hydrogens (tertiary/aromatic N) is 1. The fourth-order valence-electron chi connectivity index (χ4n) is 2.33. The molecule has 112 valence electrons. The molecule has 0 saturated carbocycles. The molecular weight excluding hydrogens is 260 g/mol. The predicted octanol–water partition coefficient (Wildman–Crippen LogP) is 3.76. The normalized spacial score (nSPS) is 12.1. The van der Waals surface area contributed by atoms with E-state index in [1.807, 2.05) is 25.4 Å². The van der Waals surface area contributed by atoms with Crippen LogP contribution in [-0.4, -0.2) is 18.6 Å². The van der Waals surface area contributed by atoms with Crippen LogP contribution < -0.4 is 10.1 Å². The third kappa shape index (κ3) is 4.87. The first-order valence-corrected chi connectivity index (χ1v) is 7.63. The van der Waals surface area contributed by atoms with Crippen LogP contribution in [0.5, 0.6) is 5.75 Å². The van der Waals surface area contributed by atoms with Gasteiger partial charge in [0.25, 0.3) is 0 Å². The molecule has 0 bridgehead atoms. The molecule has 0 amide bonds. The molecule has 0 spiro atoms. The third-order valence-corrected chi connectivity index (χ3v) is 3.52. The molecule has 1 atom stereocenters. The number of hydrogen-bond donors (Lipinski definition) is 1. The minimum absolute atomic E-state index is 0.340. The lowest BCUT2D eigenvalue weighted by Gasteiger charge is -2.17. The summed E-state index contributed by atoms with van der Waals surface area (Å²) in [5.74, 6) is 0.945. The van der Waals surface area contributed by atoms with Crippen molar-refractivity contribution in [1.82, 2.24) is 10.3 Å². The summed E-state index contributed by atoms with van der Waals surface area (Å²) >= 11 is 0. The average Bonchev–Trinajstić information content (AvgIpc) is 2.55. The van der Waals surface area contributed by atoms with Crippen LogP contribution in [0.25, 0.3) is 0 Å². The first-order chi connectivity index (χ1) is 10.3. The highest BCUT2D eigenvalue weighted by molar-refractivity contribution is 5.29. The summed E-state index contributed by atoms with van der Waals surface area (Å²) in [4.78, 5) is 4.38. The highest BCUT2D eigenvalue weighted by Crippen LogP contribution is 2.21. The molecule has 0 aliphatic rings. The maximum atomic E-state index is 5.62. The number of aromatic nitrogens is 1. The highest BCUT2D eigenvalue weighted by atomic mass is 16.5. The van der Waals surface area contributed by atoms with Crippen molar-refractivity contribution in [3.8, 4) is 5.75 Å². The Morgan fingerprint density at radius 1 is 1.14 bits per heavy atom. The van der Waals surface area contributed by atoms with E-state index in [0.717, 1.165) is 37.3 Å². The Labute approximate surface area is 127 Å². The van der Waals surface area contributed by atoms with E-state index in [-0.39, 0.29) is 0 Å². The molecule has 0 radical (unpaired) electrons. The second-order valence-electron chi connectivity index (χ2n) is 5.12. The lowest BCUT2D eigenvalue weighted by atomic mass is 10.0. The molecule has 1 aromatic carbocycles. The van der Waals surface area contributed by atoms with Gasteiger partial charge in [0.2, 0.25) is 0 Å². The first kappa shape index (κ1) is 15.5. The molecule has 0 aliphatic carbocycles. The van der Waals surface area contributed by atoms with Gasteiger partial charge >= 0.3 is 0 Å². The van der Waals surface area contributed by atoms with Crippen LogP contribution in [-0.2, 0) is 6.42 Å². The Hall–Kier alpha value is -1.87. The van der Waals surface area contributed by atoms with Crippen LogP contribution in [0.4, 0.5) is 0 Å². The van der Waals surface area contributed by atoms with E-state index in [9.17, 15) is 0 Å². The van der Waals surface area contributed by atoms with Crippen molar-refractivity contribution in [1.29, 1.82) is 0 Å². The maximum Gasteiger partial charge on any atom is 0.119 e. The zero-order chi connectivity index (χ0) is 14.9. The number of hydrogen-bond acceptors (Lipinski definition) is 3. The van der Waals surface area contributed by atoms with Crippen LogP contribution in [0, 0.1) is 0 Å². The molecule has 2 aromatic rings. The van der Waals surface area contributed by atoms with Crippen LogP contribution >= 0.6 is 0 Å². The number of benzene rings is 1. The van der Waals surface area contributed by atoms with Gasteiger partial charge in [-0.05, 0) is 56.1 Å². The van der Waals surface area contributed by atoms with Gasteiger partial charge in [0.1, 0.15) is 5.75 Å². The van der Waals surface area contributed by atoms with E-state index >= 15 is 0 Å². The number of aryl methyl sites for hydroxylation is 1. The second-order valence-corrected chi connectivity index (χ2v) is 5.12. The van der Waals surface area contributed by atoms with Gasteiger partial charge < -0.3 is 10.1 Å². The van der Waals surface area contributed by atoms with E-state index < -0.39 is 0 Å². The van der Waals surface area contributed by atoms with Gasteiger partial charge in [-0.3, -0.25) is 4.98 Å². The van der Waals surface area contributed by atoms with Crippen LogP contribution in [0.1, 0.15) is 37.1 Å². The summed E-state index contributed by atoms with van der Waals surface area (Å²) in [6.45, 7) is 2.89. The van der Waals surface area contributed by atoms with E-state index in [1.54, 1.807) is 0 Å². The van der Waals surface area contributed by atoms with E-state index in [2.05, 4.69) is 47.6 Å². The van der Waals surface area contributed by atoms with E-state index in [4.69, 9.17) is 4.74 Å². The number of nitrogens with one attached hydrogen (secondary N) is 1. The molecule has 3 heteroatoms. The SMILES string of the molecule is CCCOc1ccc(C(CCc2ccccn2)NC)cc1. The van der Waals surface area contributed by atoms with Crippen molar-refractivity contribution in [2.24, 2.45) is 0 Å². The summed E-state index contributed by atoms with van der Waals surface area (Å²) < 4.78 is 5.62. The summed E-state index contributed by atoms with van der Waals surface area (Å²) in [5.41, 5.74) is 2.43. The number of rotatable bonds is 8. The topological polar surface area (TPSA) is 34.1 Å². The van der Waals surface area contributed by atoms with Crippen molar-refractivity contribution in [2.75, 3.05) is 13.7 Å². The van der Waals surface area contributed by atoms with Crippen LogP contribution in [0.15, 0.2) is 48.7 Å². The molecule has 0 saturated heterocycles. The number of pyridine rings is 1. The van der Waals surface area contributed by atoms with Gasteiger partial charge in [-0.1, -0.05) is 25.1 Å². The fourth-order valence-corrected chi connectivity index (χ4v) is 2.33. The van der Waals surface area contributed by atoms with Crippen LogP contribution in [0.3, 0.4) is 0 Å². The number of ether oxygens (including phenoxy) is 1. The molecular formula is C18H24N2O. The van der Waals surface area contributed by atoms with Crippen molar-refractivity contribution in [3.05, 3.63) is 59.9 Å². The standard InChI is InChI=1S/C18H24N2O/c1-3-14-21-17-10-7-15(8-11-17)18(19-2)12-9-16-6-4-5-13-20-16/h4-8,10-11,13,18-19H,3,9,12,14H2,1-2H3. The molecule has 2 rings (SSSR count). The van der Waals surface area contributed by atoms with Crippen molar-refractivity contribution in [2.45, 2.75) is 32.2 Å². The van der Waals surface area contributed by atoms with Gasteiger partial charge in [0.15, 0.2) is 0 Å². The van der Waals surface area contributed by atoms with Gasteiger partial charge in [-0.25, -0.2) is 0 Å². The lowest BCUT2D eigenvalue weighted by Crippen LogP contribution is -2.17. The summed E-state index contributed by atoms with van der Waals surface area (Å²) in [5, 5.41) is 3.38. The predicted molar refractivity (Wildman–Crippen MR) is 86.6 cm³/mol. The molecule has 3 nitrogen and oxygen atoms in total. The molecule has 21 heavy (non-hydrogen) atoms. The van der Waals surface area contributed by atoms with Crippen LogP contribution in [0.2, 0.25) is 0 Å². The Balaban J connectivity index is 1.94. The Bertz CT molecular complexity index is 511. The maximum absolute atomic E-state index is 5.62. The minimum Gasteiger partial charge on any atom is -0.494 e. The molecule has 1 N–H and O–H groups in total. The molecule has 1 unspecified atom stereocenters. The van der Waals surface area contributed by atoms with Gasteiger partial charge in [0.05, 0.1) is 6.61 Å². The van der Waals surface area contributed by atoms with Gasteiger partial charge in [-0.15, -0.1) is 0 Å². The van der Waals surface area contributed by atoms with Crippen molar-refractivity contribution < 1.29 is 4.74 Å². The minimum atomic E-state index is 0.340. The van der Waals surface area contributed by atoms with Crippen molar-refractivity contribution >= 4 is 0 Å². The third-order valence-electron chi connectivity index (χ3n) is 3.52. The summed E-state index contributed by atoms with van der Waals surface area (Å²) in [6, 6.07) is 14.8. The molecule has 0 fully saturated rings. The zero-order valence-electron chi connectivity index (χ0n) is 12.9. The van der Waals surface area contributed by atoms with Gasteiger partial charge in [-0.2, -0.15) is 0 Å². The monoisotopic (exact) mass is 284 g/mol. The molecule has 0 aliphatic heterocycles. The Morgan fingerprint density at radius 2 is 1.95 bits per heavy atom. The molecule has 1 heterocycles. The smallest absolute Gasteiger partial charge is 0.119 e. The fraction of sp³-hybridized carbons (Fsp3) is 0.389.